The van der Waals surface area contributed by atoms with Gasteiger partial charge in [0.15, 0.2) is 0 Å². The summed E-state index contributed by atoms with van der Waals surface area (Å²) >= 11 is 5.80. The maximum absolute atomic E-state index is 13.4. The standard InChI is InChI=1S/C19H24ClFN6O3S/c1-23-31(29,30)27-9-19(10-27)6-5-11(8-19)16-15(17(22)26(2)25-16)18(28)24-12-3-4-14(21)13(20)7-12/h3-4,7,11,23H,5-6,8-10,22H2,1-2H3,(H,24,28). The number of amides is 1. The van der Waals surface area contributed by atoms with E-state index in [1.165, 1.54) is 34.2 Å². The van der Waals surface area contributed by atoms with Gasteiger partial charge in [0, 0.05) is 38.8 Å². The number of anilines is 2. The van der Waals surface area contributed by atoms with Crippen LogP contribution in [0.5, 0.6) is 0 Å². The van der Waals surface area contributed by atoms with Crippen LogP contribution in [0.25, 0.3) is 0 Å². The number of rotatable bonds is 5. The molecule has 4 N–H and O–H groups in total. The van der Waals surface area contributed by atoms with Crippen molar-refractivity contribution in [1.82, 2.24) is 18.8 Å². The van der Waals surface area contributed by atoms with Gasteiger partial charge in [-0.05, 0) is 42.9 Å². The van der Waals surface area contributed by atoms with Gasteiger partial charge in [-0.15, -0.1) is 0 Å². The van der Waals surface area contributed by atoms with E-state index in [9.17, 15) is 17.6 Å². The Morgan fingerprint density at radius 2 is 2.10 bits per heavy atom. The molecule has 4 rings (SSSR count). The highest BCUT2D eigenvalue weighted by atomic mass is 35.5. The Hall–Kier alpha value is -2.21. The number of carbonyl (C=O) groups is 1. The molecule has 1 aliphatic carbocycles. The highest BCUT2D eigenvalue weighted by molar-refractivity contribution is 7.87. The third kappa shape index (κ3) is 3.91. The Bertz CT molecular complexity index is 1150. The van der Waals surface area contributed by atoms with Crippen molar-refractivity contribution in [2.45, 2.75) is 25.2 Å². The maximum Gasteiger partial charge on any atom is 0.279 e. The van der Waals surface area contributed by atoms with Crippen molar-refractivity contribution in [3.63, 3.8) is 0 Å². The summed E-state index contributed by atoms with van der Waals surface area (Å²) in [4.78, 5) is 13.0. The molecule has 1 spiro atoms. The summed E-state index contributed by atoms with van der Waals surface area (Å²) in [6.45, 7) is 0.898. The zero-order valence-electron chi connectivity index (χ0n) is 17.2. The van der Waals surface area contributed by atoms with Crippen LogP contribution < -0.4 is 15.8 Å². The first-order valence-corrected chi connectivity index (χ1v) is 11.6. The van der Waals surface area contributed by atoms with Gasteiger partial charge in [-0.3, -0.25) is 9.48 Å². The minimum Gasteiger partial charge on any atom is -0.383 e. The number of nitrogens with zero attached hydrogens (tertiary/aromatic N) is 3. The normalized spacial score (nSPS) is 20.7. The lowest BCUT2D eigenvalue weighted by atomic mass is 9.79. The third-order valence-corrected chi connectivity index (χ3v) is 7.98. The number of hydrogen-bond donors (Lipinski definition) is 3. The van der Waals surface area contributed by atoms with E-state index < -0.39 is 21.9 Å². The van der Waals surface area contributed by atoms with Crippen LogP contribution in [-0.2, 0) is 17.3 Å². The molecule has 1 atom stereocenters. The number of nitrogen functional groups attached to an aromatic ring is 1. The maximum atomic E-state index is 13.4. The number of halogens is 2. The minimum atomic E-state index is -3.43. The molecule has 1 aliphatic heterocycles. The topological polar surface area (TPSA) is 122 Å². The molecular formula is C19H24ClFN6O3S. The van der Waals surface area contributed by atoms with E-state index in [0.29, 0.717) is 24.5 Å². The molecule has 2 fully saturated rings. The first kappa shape index (κ1) is 22.0. The zero-order valence-corrected chi connectivity index (χ0v) is 18.7. The molecule has 12 heteroatoms. The first-order valence-electron chi connectivity index (χ1n) is 9.83. The highest BCUT2D eigenvalue weighted by Crippen LogP contribution is 2.52. The Morgan fingerprint density at radius 3 is 2.74 bits per heavy atom. The van der Waals surface area contributed by atoms with Crippen LogP contribution in [0.1, 0.15) is 41.2 Å². The summed E-state index contributed by atoms with van der Waals surface area (Å²) in [7, 11) is -0.368. The Balaban J connectivity index is 1.54. The summed E-state index contributed by atoms with van der Waals surface area (Å²) in [5.41, 5.74) is 7.26. The van der Waals surface area contributed by atoms with Crippen molar-refractivity contribution in [2.75, 3.05) is 31.2 Å². The fraction of sp³-hybridized carbons (Fsp3) is 0.474. The van der Waals surface area contributed by atoms with Crippen LogP contribution in [0.2, 0.25) is 5.02 Å². The number of hydrogen-bond acceptors (Lipinski definition) is 5. The van der Waals surface area contributed by atoms with E-state index in [1.807, 2.05) is 0 Å². The van der Waals surface area contributed by atoms with E-state index in [0.717, 1.165) is 19.3 Å². The molecule has 2 aliphatic rings. The monoisotopic (exact) mass is 470 g/mol. The number of carbonyl (C=O) groups excluding carboxylic acids is 1. The molecule has 1 unspecified atom stereocenters. The predicted molar refractivity (Wildman–Crippen MR) is 116 cm³/mol. The molecule has 1 aromatic carbocycles. The highest BCUT2D eigenvalue weighted by Gasteiger charge is 2.52. The molecule has 2 heterocycles. The van der Waals surface area contributed by atoms with Gasteiger partial charge < -0.3 is 11.1 Å². The first-order chi connectivity index (χ1) is 14.5. The Morgan fingerprint density at radius 1 is 1.39 bits per heavy atom. The molecular weight excluding hydrogens is 447 g/mol. The van der Waals surface area contributed by atoms with Gasteiger partial charge >= 0.3 is 0 Å². The van der Waals surface area contributed by atoms with Gasteiger partial charge in [0.1, 0.15) is 17.2 Å². The molecule has 1 saturated carbocycles. The lowest BCUT2D eigenvalue weighted by molar-refractivity contribution is 0.0749. The second kappa shape index (κ2) is 7.73. The van der Waals surface area contributed by atoms with E-state index in [2.05, 4.69) is 15.1 Å². The lowest BCUT2D eigenvalue weighted by Gasteiger charge is -2.47. The van der Waals surface area contributed by atoms with Gasteiger partial charge in [0.25, 0.3) is 16.1 Å². The number of aryl methyl sites for hydroxylation is 1. The van der Waals surface area contributed by atoms with E-state index >= 15 is 0 Å². The van der Waals surface area contributed by atoms with Crippen molar-refractivity contribution in [3.8, 4) is 0 Å². The predicted octanol–water partition coefficient (Wildman–Crippen LogP) is 2.08. The van der Waals surface area contributed by atoms with Gasteiger partial charge in [-0.2, -0.15) is 17.8 Å². The van der Waals surface area contributed by atoms with Crippen LogP contribution in [0.3, 0.4) is 0 Å². The van der Waals surface area contributed by atoms with Gasteiger partial charge in [-0.1, -0.05) is 11.6 Å². The SMILES string of the molecule is CNS(=O)(=O)N1CC2(CCC(c3nn(C)c(N)c3C(=O)Nc3ccc(F)c(Cl)c3)C2)C1. The van der Waals surface area contributed by atoms with Crippen LogP contribution in [0, 0.1) is 11.2 Å². The Kier molecular flexibility index (Phi) is 5.49. The summed E-state index contributed by atoms with van der Waals surface area (Å²) in [6, 6.07) is 3.92. The Labute approximate surface area is 184 Å². The number of benzene rings is 1. The molecule has 0 bridgehead atoms. The van der Waals surface area contributed by atoms with Gasteiger partial charge in [-0.25, -0.2) is 9.11 Å². The van der Waals surface area contributed by atoms with Gasteiger partial charge in [0.05, 0.1) is 10.7 Å². The smallest absolute Gasteiger partial charge is 0.279 e. The fourth-order valence-corrected chi connectivity index (χ4v) is 5.90. The van der Waals surface area contributed by atoms with Crippen molar-refractivity contribution in [2.24, 2.45) is 12.5 Å². The van der Waals surface area contributed by atoms with Crippen LogP contribution in [0.4, 0.5) is 15.9 Å². The average molecular weight is 471 g/mol. The fourth-order valence-electron chi connectivity index (χ4n) is 4.57. The number of aromatic nitrogens is 2. The summed E-state index contributed by atoms with van der Waals surface area (Å²) < 4.78 is 42.6. The molecule has 168 valence electrons. The van der Waals surface area contributed by atoms with E-state index in [1.54, 1.807) is 7.05 Å². The van der Waals surface area contributed by atoms with Crippen molar-refractivity contribution in [1.29, 1.82) is 0 Å². The zero-order chi connectivity index (χ0) is 22.6. The number of nitrogens with one attached hydrogen (secondary N) is 2. The molecule has 1 aromatic heterocycles. The van der Waals surface area contributed by atoms with Gasteiger partial charge in [0.2, 0.25) is 0 Å². The van der Waals surface area contributed by atoms with Crippen molar-refractivity contribution < 1.29 is 17.6 Å². The molecule has 2 aromatic rings. The van der Waals surface area contributed by atoms with E-state index in [4.69, 9.17) is 17.3 Å². The lowest BCUT2D eigenvalue weighted by Crippen LogP contribution is -2.59. The van der Waals surface area contributed by atoms with E-state index in [-0.39, 0.29) is 27.7 Å². The summed E-state index contributed by atoms with van der Waals surface area (Å²) in [6.07, 6.45) is 2.35. The minimum absolute atomic E-state index is 0.0134. The van der Waals surface area contributed by atoms with Crippen LogP contribution in [0.15, 0.2) is 18.2 Å². The molecule has 9 nitrogen and oxygen atoms in total. The van der Waals surface area contributed by atoms with Crippen LogP contribution in [-0.4, -0.2) is 48.5 Å². The molecule has 0 radical (unpaired) electrons. The second-order valence-corrected chi connectivity index (χ2v) is 10.6. The van der Waals surface area contributed by atoms with Crippen molar-refractivity contribution >= 4 is 39.2 Å². The molecule has 1 saturated heterocycles. The summed E-state index contributed by atoms with van der Waals surface area (Å²) in [5.74, 6) is -0.806. The van der Waals surface area contributed by atoms with Crippen molar-refractivity contribution in [3.05, 3.63) is 40.3 Å². The molecule has 1 amide bonds. The van der Waals surface area contributed by atoms with Crippen LogP contribution >= 0.6 is 11.6 Å². The molecule has 31 heavy (non-hydrogen) atoms. The summed E-state index contributed by atoms with van der Waals surface area (Å²) in [5, 5.41) is 7.11. The second-order valence-electron chi connectivity index (χ2n) is 8.27. The third-order valence-electron chi connectivity index (χ3n) is 6.23. The average Bonchev–Trinajstić information content (AvgIpc) is 3.26. The number of nitrogens with two attached hydrogens (primary N) is 1. The quantitative estimate of drug-likeness (QED) is 0.617. The largest absolute Gasteiger partial charge is 0.383 e.